The third-order valence-corrected chi connectivity index (χ3v) is 3.53. The lowest BCUT2D eigenvalue weighted by atomic mass is 10.1. The fraction of sp³-hybridized carbons (Fsp3) is 0.286. The van der Waals surface area contributed by atoms with Crippen molar-refractivity contribution in [3.63, 3.8) is 0 Å². The first-order chi connectivity index (χ1) is 9.62. The van der Waals surface area contributed by atoms with E-state index < -0.39 is 0 Å². The van der Waals surface area contributed by atoms with Gasteiger partial charge in [-0.15, -0.1) is 11.3 Å². The van der Waals surface area contributed by atoms with Crippen molar-refractivity contribution in [2.45, 2.75) is 13.3 Å². The van der Waals surface area contributed by atoms with Gasteiger partial charge < -0.3 is 14.8 Å². The highest BCUT2D eigenvalue weighted by atomic mass is 32.1. The number of hydrogen-bond acceptors (Lipinski definition) is 5. The smallest absolute Gasteiger partial charge is 0.230 e. The summed E-state index contributed by atoms with van der Waals surface area (Å²) in [4.78, 5) is 17.2. The van der Waals surface area contributed by atoms with E-state index >= 15 is 0 Å². The molecular formula is C14H16N2O3S. The van der Waals surface area contributed by atoms with Gasteiger partial charge in [-0.3, -0.25) is 4.79 Å². The Bertz CT molecular complexity index is 610. The van der Waals surface area contributed by atoms with E-state index in [9.17, 15) is 4.79 Å². The summed E-state index contributed by atoms with van der Waals surface area (Å²) in [5.74, 6) is 1.22. The maximum absolute atomic E-state index is 12.0. The van der Waals surface area contributed by atoms with Gasteiger partial charge in [-0.25, -0.2) is 4.98 Å². The average molecular weight is 292 g/mol. The first kappa shape index (κ1) is 14.3. The Hall–Kier alpha value is -2.08. The zero-order valence-corrected chi connectivity index (χ0v) is 12.4. The zero-order chi connectivity index (χ0) is 14.5. The molecule has 0 bridgehead atoms. The van der Waals surface area contributed by atoms with Gasteiger partial charge in [0.15, 0.2) is 5.13 Å². The van der Waals surface area contributed by atoms with Crippen LogP contribution in [0.5, 0.6) is 11.5 Å². The summed E-state index contributed by atoms with van der Waals surface area (Å²) in [6.07, 6.45) is 1.94. The van der Waals surface area contributed by atoms with Crippen molar-refractivity contribution in [2.75, 3.05) is 19.5 Å². The highest BCUT2D eigenvalue weighted by Gasteiger charge is 2.11. The summed E-state index contributed by atoms with van der Waals surface area (Å²) < 4.78 is 10.4. The number of aryl methyl sites for hydroxylation is 1. The Labute approximate surface area is 121 Å². The number of amides is 1. The molecule has 0 aliphatic rings. The van der Waals surface area contributed by atoms with Crippen molar-refractivity contribution in [3.8, 4) is 11.5 Å². The fourth-order valence-electron chi connectivity index (χ4n) is 1.77. The number of rotatable bonds is 5. The van der Waals surface area contributed by atoms with Crippen molar-refractivity contribution < 1.29 is 14.3 Å². The van der Waals surface area contributed by atoms with Gasteiger partial charge >= 0.3 is 0 Å². The molecule has 0 saturated heterocycles. The monoisotopic (exact) mass is 292 g/mol. The second-order valence-electron chi connectivity index (χ2n) is 4.18. The molecule has 2 rings (SSSR count). The molecule has 0 radical (unpaired) electrons. The number of carbonyl (C=O) groups is 1. The van der Waals surface area contributed by atoms with Crippen LogP contribution >= 0.6 is 11.3 Å². The standard InChI is InChI=1S/C14H16N2O3S/c1-9-8-15-14(20-9)16-13(17)7-10-6-11(18-2)4-5-12(10)19-3/h4-6,8H,7H2,1-3H3,(H,15,16,17). The molecule has 6 heteroatoms. The van der Waals surface area contributed by atoms with Gasteiger partial charge in [0.25, 0.3) is 0 Å². The van der Waals surface area contributed by atoms with Gasteiger partial charge in [0.1, 0.15) is 11.5 Å². The minimum Gasteiger partial charge on any atom is -0.497 e. The Morgan fingerprint density at radius 1 is 1.35 bits per heavy atom. The van der Waals surface area contributed by atoms with Crippen molar-refractivity contribution in [2.24, 2.45) is 0 Å². The predicted molar refractivity (Wildman–Crippen MR) is 78.7 cm³/mol. The van der Waals surface area contributed by atoms with Gasteiger partial charge in [-0.2, -0.15) is 0 Å². The third kappa shape index (κ3) is 3.48. The molecule has 5 nitrogen and oxygen atoms in total. The van der Waals surface area contributed by atoms with Crippen molar-refractivity contribution >= 4 is 22.4 Å². The molecule has 1 aromatic heterocycles. The zero-order valence-electron chi connectivity index (χ0n) is 11.6. The summed E-state index contributed by atoms with van der Waals surface area (Å²) >= 11 is 1.45. The number of hydrogen-bond donors (Lipinski definition) is 1. The summed E-state index contributed by atoms with van der Waals surface area (Å²) in [5, 5.41) is 3.38. The van der Waals surface area contributed by atoms with Crippen molar-refractivity contribution in [3.05, 3.63) is 34.8 Å². The predicted octanol–water partition coefficient (Wildman–Crippen LogP) is 2.65. The number of nitrogens with zero attached hydrogens (tertiary/aromatic N) is 1. The van der Waals surface area contributed by atoms with Crippen molar-refractivity contribution in [1.29, 1.82) is 0 Å². The second-order valence-corrected chi connectivity index (χ2v) is 5.41. The minimum absolute atomic E-state index is 0.133. The Morgan fingerprint density at radius 3 is 2.75 bits per heavy atom. The van der Waals surface area contributed by atoms with Crippen molar-refractivity contribution in [1.82, 2.24) is 4.98 Å². The highest BCUT2D eigenvalue weighted by Crippen LogP contribution is 2.25. The molecule has 0 aliphatic heterocycles. The maximum Gasteiger partial charge on any atom is 0.230 e. The first-order valence-corrected chi connectivity index (χ1v) is 6.87. The van der Waals surface area contributed by atoms with Gasteiger partial charge in [0, 0.05) is 16.6 Å². The minimum atomic E-state index is -0.133. The summed E-state index contributed by atoms with van der Waals surface area (Å²) in [5.41, 5.74) is 0.776. The molecule has 0 atom stereocenters. The molecule has 0 fully saturated rings. The van der Waals surface area contributed by atoms with Crippen LogP contribution in [0.1, 0.15) is 10.4 Å². The lowest BCUT2D eigenvalue weighted by molar-refractivity contribution is -0.115. The van der Waals surface area contributed by atoms with E-state index in [1.165, 1.54) is 11.3 Å². The molecule has 1 aromatic carbocycles. The Morgan fingerprint density at radius 2 is 2.15 bits per heavy atom. The third-order valence-electron chi connectivity index (χ3n) is 2.71. The second kappa shape index (κ2) is 6.38. The largest absolute Gasteiger partial charge is 0.497 e. The van der Waals surface area contributed by atoms with E-state index in [4.69, 9.17) is 9.47 Å². The normalized spacial score (nSPS) is 10.2. The topological polar surface area (TPSA) is 60.5 Å². The number of nitrogens with one attached hydrogen (secondary N) is 1. The van der Waals surface area contributed by atoms with E-state index in [-0.39, 0.29) is 12.3 Å². The molecule has 0 unspecified atom stereocenters. The molecule has 0 aliphatic carbocycles. The van der Waals surface area contributed by atoms with Crippen LogP contribution in [0, 0.1) is 6.92 Å². The summed E-state index contributed by atoms with van der Waals surface area (Å²) in [6.45, 7) is 1.94. The lowest BCUT2D eigenvalue weighted by Crippen LogP contribution is -2.14. The molecule has 0 saturated carbocycles. The molecule has 0 spiro atoms. The Kier molecular flexibility index (Phi) is 4.57. The van der Waals surface area contributed by atoms with E-state index in [0.29, 0.717) is 16.6 Å². The molecular weight excluding hydrogens is 276 g/mol. The van der Waals surface area contributed by atoms with Crippen LogP contribution in [0.25, 0.3) is 0 Å². The molecule has 2 aromatic rings. The number of anilines is 1. The number of benzene rings is 1. The SMILES string of the molecule is COc1ccc(OC)c(CC(=O)Nc2ncc(C)s2)c1. The molecule has 106 valence electrons. The summed E-state index contributed by atoms with van der Waals surface area (Å²) in [6, 6.07) is 5.38. The number of thiazole rings is 1. The van der Waals surface area contributed by atoms with Crippen LogP contribution in [0.15, 0.2) is 24.4 Å². The number of ether oxygens (including phenoxy) is 2. The van der Waals surface area contributed by atoms with E-state index in [1.807, 2.05) is 6.92 Å². The number of methoxy groups -OCH3 is 2. The molecule has 1 N–H and O–H groups in total. The molecule has 20 heavy (non-hydrogen) atoms. The highest BCUT2D eigenvalue weighted by molar-refractivity contribution is 7.15. The lowest BCUT2D eigenvalue weighted by Gasteiger charge is -2.10. The van der Waals surface area contributed by atoms with Crippen LogP contribution in [-0.2, 0) is 11.2 Å². The number of aromatic nitrogens is 1. The van der Waals surface area contributed by atoms with Crippen LogP contribution in [0.3, 0.4) is 0 Å². The van der Waals surface area contributed by atoms with E-state index in [2.05, 4.69) is 10.3 Å². The van der Waals surface area contributed by atoms with Gasteiger partial charge in [0.2, 0.25) is 5.91 Å². The van der Waals surface area contributed by atoms with Crippen LogP contribution < -0.4 is 14.8 Å². The number of carbonyl (C=O) groups excluding carboxylic acids is 1. The fourth-order valence-corrected chi connectivity index (χ4v) is 2.45. The van der Waals surface area contributed by atoms with Crippen LogP contribution in [0.2, 0.25) is 0 Å². The van der Waals surface area contributed by atoms with Gasteiger partial charge in [0.05, 0.1) is 20.6 Å². The summed E-state index contributed by atoms with van der Waals surface area (Å²) in [7, 11) is 3.16. The van der Waals surface area contributed by atoms with Gasteiger partial charge in [-0.05, 0) is 25.1 Å². The van der Waals surface area contributed by atoms with E-state index in [1.54, 1.807) is 38.6 Å². The quantitative estimate of drug-likeness (QED) is 0.920. The maximum atomic E-state index is 12.0. The Balaban J connectivity index is 2.10. The van der Waals surface area contributed by atoms with Crippen LogP contribution in [0.4, 0.5) is 5.13 Å². The first-order valence-electron chi connectivity index (χ1n) is 6.05. The van der Waals surface area contributed by atoms with Gasteiger partial charge in [-0.1, -0.05) is 0 Å². The molecule has 1 heterocycles. The van der Waals surface area contributed by atoms with E-state index in [0.717, 1.165) is 10.4 Å². The average Bonchev–Trinajstić information content (AvgIpc) is 2.83. The van der Waals surface area contributed by atoms with Crippen LogP contribution in [-0.4, -0.2) is 25.1 Å². The molecule has 1 amide bonds.